The number of rotatable bonds is 2. The van der Waals surface area contributed by atoms with Crippen molar-refractivity contribution in [2.45, 2.75) is 32.2 Å². The molecule has 0 bridgehead atoms. The van der Waals surface area contributed by atoms with Crippen LogP contribution >= 0.6 is 0 Å². The maximum atomic E-state index is 11.4. The molecule has 1 N–H and O–H groups in total. The number of allylic oxidation sites excluding steroid dienone is 1. The zero-order chi connectivity index (χ0) is 13.6. The third-order valence-electron chi connectivity index (χ3n) is 3.81. The molecule has 3 rings (SSSR count). The molecule has 1 aliphatic carbocycles. The molecule has 0 fully saturated rings. The Morgan fingerprint density at radius 3 is 2.95 bits per heavy atom. The summed E-state index contributed by atoms with van der Waals surface area (Å²) in [5, 5.41) is 12.5. The zero-order valence-corrected chi connectivity index (χ0v) is 11.0. The highest BCUT2D eigenvalue weighted by Gasteiger charge is 2.37. The summed E-state index contributed by atoms with van der Waals surface area (Å²) in [6, 6.07) is 5.43. The van der Waals surface area contributed by atoms with Crippen LogP contribution in [0.15, 0.2) is 36.0 Å². The fraction of sp³-hybridized carbons (Fsp3) is 0.333. The molecule has 1 aromatic heterocycles. The lowest BCUT2D eigenvalue weighted by molar-refractivity contribution is -0.524. The van der Waals surface area contributed by atoms with Gasteiger partial charge in [-0.25, -0.2) is 0 Å². The van der Waals surface area contributed by atoms with Crippen molar-refractivity contribution in [3.05, 3.63) is 57.3 Å². The lowest BCUT2D eigenvalue weighted by Gasteiger charge is -2.24. The topological polar surface area (TPSA) is 58.9 Å². The van der Waals surface area contributed by atoms with Gasteiger partial charge in [0.15, 0.2) is 0 Å². The molecule has 98 valence electrons. The predicted molar refractivity (Wildman–Crippen MR) is 75.0 cm³/mol. The summed E-state index contributed by atoms with van der Waals surface area (Å²) >= 11 is 0. The molecular weight excluding hydrogens is 240 g/mol. The Bertz CT molecular complexity index is 681. The molecule has 0 aliphatic heterocycles. The van der Waals surface area contributed by atoms with Gasteiger partial charge in [0, 0.05) is 28.4 Å². The van der Waals surface area contributed by atoms with Gasteiger partial charge in [-0.3, -0.25) is 10.1 Å². The van der Waals surface area contributed by atoms with E-state index in [9.17, 15) is 10.1 Å². The minimum atomic E-state index is -0.566. The van der Waals surface area contributed by atoms with Crippen LogP contribution in [-0.4, -0.2) is 15.9 Å². The molecule has 0 unspecified atom stereocenters. The third kappa shape index (κ3) is 1.84. The molecule has 0 saturated heterocycles. The predicted octanol–water partition coefficient (Wildman–Crippen LogP) is 3.42. The van der Waals surface area contributed by atoms with Crippen molar-refractivity contribution < 1.29 is 4.92 Å². The van der Waals surface area contributed by atoms with Crippen LogP contribution in [0.25, 0.3) is 10.9 Å². The van der Waals surface area contributed by atoms with Gasteiger partial charge < -0.3 is 4.98 Å². The molecule has 2 atom stereocenters. The summed E-state index contributed by atoms with van der Waals surface area (Å²) in [7, 11) is 0. The Balaban J connectivity index is 2.25. The van der Waals surface area contributed by atoms with Gasteiger partial charge in [-0.15, -0.1) is 0 Å². The number of nitrogens with zero attached hydrogens (tertiary/aromatic N) is 1. The first kappa shape index (κ1) is 12.0. The monoisotopic (exact) mass is 256 g/mol. The second-order valence-corrected chi connectivity index (χ2v) is 5.41. The standard InChI is InChI=1S/C15H16N2O2/c1-9(2)6-12-11-4-3-5-13-15(11)10(8-16-13)7-14(12)17(18)19/h3-6,8,12,14,16H,7H2,1-2H3/t12-,14-/m1/s1. The zero-order valence-electron chi connectivity index (χ0n) is 11.0. The van der Waals surface area contributed by atoms with Gasteiger partial charge in [-0.05, 0) is 31.0 Å². The highest BCUT2D eigenvalue weighted by atomic mass is 16.6. The molecule has 1 aliphatic rings. The lowest BCUT2D eigenvalue weighted by atomic mass is 9.79. The van der Waals surface area contributed by atoms with Gasteiger partial charge in [0.2, 0.25) is 6.04 Å². The minimum Gasteiger partial charge on any atom is -0.361 e. The first-order valence-corrected chi connectivity index (χ1v) is 6.45. The molecule has 0 radical (unpaired) electrons. The summed E-state index contributed by atoms with van der Waals surface area (Å²) in [5.74, 6) is -0.132. The number of nitrogens with one attached hydrogen (secondary N) is 1. The van der Waals surface area contributed by atoms with E-state index in [0.29, 0.717) is 6.42 Å². The van der Waals surface area contributed by atoms with E-state index < -0.39 is 6.04 Å². The SMILES string of the molecule is CC(C)=C[C@@H]1c2cccc3[nH]cc(c23)C[C@H]1[N+](=O)[O-]. The van der Waals surface area contributed by atoms with E-state index in [0.717, 1.165) is 22.2 Å². The maximum absolute atomic E-state index is 11.4. The highest BCUT2D eigenvalue weighted by Crippen LogP contribution is 2.39. The van der Waals surface area contributed by atoms with Crippen molar-refractivity contribution in [1.29, 1.82) is 0 Å². The largest absolute Gasteiger partial charge is 0.361 e. The summed E-state index contributed by atoms with van der Waals surface area (Å²) in [5.41, 5.74) is 4.32. The normalized spacial score (nSPS) is 21.4. The molecule has 4 heteroatoms. The van der Waals surface area contributed by atoms with Crippen LogP contribution in [0.3, 0.4) is 0 Å². The Morgan fingerprint density at radius 2 is 2.26 bits per heavy atom. The van der Waals surface area contributed by atoms with Crippen LogP contribution in [0.4, 0.5) is 0 Å². The average molecular weight is 256 g/mol. The van der Waals surface area contributed by atoms with Crippen molar-refractivity contribution in [2.75, 3.05) is 0 Å². The van der Waals surface area contributed by atoms with Gasteiger partial charge in [0.25, 0.3) is 0 Å². The molecule has 1 heterocycles. The van der Waals surface area contributed by atoms with E-state index >= 15 is 0 Å². The molecule has 4 nitrogen and oxygen atoms in total. The van der Waals surface area contributed by atoms with Crippen LogP contribution in [-0.2, 0) is 6.42 Å². The highest BCUT2D eigenvalue weighted by molar-refractivity contribution is 5.88. The van der Waals surface area contributed by atoms with E-state index in [1.54, 1.807) is 0 Å². The third-order valence-corrected chi connectivity index (χ3v) is 3.81. The van der Waals surface area contributed by atoms with Crippen molar-refractivity contribution >= 4 is 10.9 Å². The van der Waals surface area contributed by atoms with E-state index in [1.807, 2.05) is 44.3 Å². The molecule has 0 saturated carbocycles. The smallest absolute Gasteiger partial charge is 0.227 e. The Morgan fingerprint density at radius 1 is 1.47 bits per heavy atom. The number of benzene rings is 1. The summed E-state index contributed by atoms with van der Waals surface area (Å²) in [6.45, 7) is 3.98. The molecule has 1 aromatic carbocycles. The van der Waals surface area contributed by atoms with Gasteiger partial charge in [0.1, 0.15) is 0 Å². The number of aromatic nitrogens is 1. The maximum Gasteiger partial charge on any atom is 0.227 e. The first-order chi connectivity index (χ1) is 9.08. The van der Waals surface area contributed by atoms with Crippen molar-refractivity contribution in [3.63, 3.8) is 0 Å². The van der Waals surface area contributed by atoms with E-state index in [1.165, 1.54) is 5.39 Å². The van der Waals surface area contributed by atoms with Crippen molar-refractivity contribution in [2.24, 2.45) is 0 Å². The van der Waals surface area contributed by atoms with Crippen LogP contribution in [0, 0.1) is 10.1 Å². The van der Waals surface area contributed by atoms with Crippen molar-refractivity contribution in [3.8, 4) is 0 Å². The summed E-state index contributed by atoms with van der Waals surface area (Å²) < 4.78 is 0. The van der Waals surface area contributed by atoms with Gasteiger partial charge in [-0.2, -0.15) is 0 Å². The molecule has 0 spiro atoms. The molecule has 19 heavy (non-hydrogen) atoms. The first-order valence-electron chi connectivity index (χ1n) is 6.45. The summed E-state index contributed by atoms with van der Waals surface area (Å²) in [6.07, 6.45) is 4.43. The number of nitro groups is 1. The average Bonchev–Trinajstić information content (AvgIpc) is 2.76. The van der Waals surface area contributed by atoms with Crippen LogP contribution in [0.2, 0.25) is 0 Å². The number of hydrogen-bond donors (Lipinski definition) is 1. The number of hydrogen-bond acceptors (Lipinski definition) is 2. The van der Waals surface area contributed by atoms with Crippen molar-refractivity contribution in [1.82, 2.24) is 4.98 Å². The van der Waals surface area contributed by atoms with E-state index in [-0.39, 0.29) is 10.8 Å². The van der Waals surface area contributed by atoms with Gasteiger partial charge in [0.05, 0.1) is 5.92 Å². The Labute approximate surface area is 111 Å². The second kappa shape index (κ2) is 4.23. The van der Waals surface area contributed by atoms with Gasteiger partial charge in [-0.1, -0.05) is 23.8 Å². The Kier molecular flexibility index (Phi) is 2.66. The van der Waals surface area contributed by atoms with Crippen LogP contribution in [0.5, 0.6) is 0 Å². The minimum absolute atomic E-state index is 0.132. The van der Waals surface area contributed by atoms with Crippen LogP contribution in [0.1, 0.15) is 30.9 Å². The van der Waals surface area contributed by atoms with E-state index in [2.05, 4.69) is 4.98 Å². The molecule has 0 amide bonds. The molecular formula is C15H16N2O2. The quantitative estimate of drug-likeness (QED) is 0.508. The lowest BCUT2D eigenvalue weighted by Crippen LogP contribution is -2.31. The van der Waals surface area contributed by atoms with Crippen LogP contribution < -0.4 is 0 Å². The number of H-pyrrole nitrogens is 1. The fourth-order valence-electron chi connectivity index (χ4n) is 3.05. The van der Waals surface area contributed by atoms with E-state index in [4.69, 9.17) is 0 Å². The summed E-state index contributed by atoms with van der Waals surface area (Å²) in [4.78, 5) is 14.4. The number of aromatic amines is 1. The Hall–Kier alpha value is -2.10. The fourth-order valence-corrected chi connectivity index (χ4v) is 3.05. The van der Waals surface area contributed by atoms with Gasteiger partial charge >= 0.3 is 0 Å². The second-order valence-electron chi connectivity index (χ2n) is 5.41. The molecule has 2 aromatic rings.